The SMILES string of the molecule is O=C(CSc1ccccc1Cl)N[C@H]1CCCC[C@@H]1O. The lowest BCUT2D eigenvalue weighted by molar-refractivity contribution is -0.120. The summed E-state index contributed by atoms with van der Waals surface area (Å²) < 4.78 is 0. The van der Waals surface area contributed by atoms with Crippen LogP contribution in [0.3, 0.4) is 0 Å². The molecule has 0 unspecified atom stereocenters. The first-order valence-electron chi connectivity index (χ1n) is 6.51. The third kappa shape index (κ3) is 4.41. The van der Waals surface area contributed by atoms with E-state index in [0.717, 1.165) is 30.6 Å². The Morgan fingerprint density at radius 3 is 2.84 bits per heavy atom. The van der Waals surface area contributed by atoms with Gasteiger partial charge in [0.25, 0.3) is 0 Å². The quantitative estimate of drug-likeness (QED) is 0.841. The third-order valence-electron chi connectivity index (χ3n) is 3.27. The maximum absolute atomic E-state index is 11.9. The van der Waals surface area contributed by atoms with Crippen molar-refractivity contribution in [1.82, 2.24) is 5.32 Å². The third-order valence-corrected chi connectivity index (χ3v) is 4.79. The second-order valence-corrected chi connectivity index (χ2v) is 6.17. The average molecular weight is 300 g/mol. The van der Waals surface area contributed by atoms with Gasteiger partial charge in [-0.25, -0.2) is 0 Å². The molecule has 0 saturated heterocycles. The topological polar surface area (TPSA) is 49.3 Å². The molecule has 19 heavy (non-hydrogen) atoms. The highest BCUT2D eigenvalue weighted by Crippen LogP contribution is 2.26. The molecule has 0 heterocycles. The molecule has 0 spiro atoms. The molecule has 1 aliphatic rings. The van der Waals surface area contributed by atoms with E-state index >= 15 is 0 Å². The number of amides is 1. The Bertz CT molecular complexity index is 441. The number of halogens is 1. The highest BCUT2D eigenvalue weighted by atomic mass is 35.5. The van der Waals surface area contributed by atoms with E-state index < -0.39 is 6.10 Å². The summed E-state index contributed by atoms with van der Waals surface area (Å²) >= 11 is 7.45. The molecule has 0 radical (unpaired) electrons. The molecule has 104 valence electrons. The van der Waals surface area contributed by atoms with E-state index in [2.05, 4.69) is 5.32 Å². The van der Waals surface area contributed by atoms with Crippen LogP contribution in [0, 0.1) is 0 Å². The molecule has 1 amide bonds. The van der Waals surface area contributed by atoms with Crippen LogP contribution in [0.25, 0.3) is 0 Å². The van der Waals surface area contributed by atoms with Gasteiger partial charge >= 0.3 is 0 Å². The van der Waals surface area contributed by atoms with Crippen molar-refractivity contribution in [1.29, 1.82) is 0 Å². The van der Waals surface area contributed by atoms with E-state index in [4.69, 9.17) is 11.6 Å². The van der Waals surface area contributed by atoms with E-state index in [1.165, 1.54) is 11.8 Å². The summed E-state index contributed by atoms with van der Waals surface area (Å²) in [5, 5.41) is 13.4. The van der Waals surface area contributed by atoms with Crippen LogP contribution in [-0.2, 0) is 4.79 Å². The summed E-state index contributed by atoms with van der Waals surface area (Å²) in [7, 11) is 0. The Balaban J connectivity index is 1.80. The minimum Gasteiger partial charge on any atom is -0.391 e. The highest BCUT2D eigenvalue weighted by molar-refractivity contribution is 8.00. The lowest BCUT2D eigenvalue weighted by Gasteiger charge is -2.28. The van der Waals surface area contributed by atoms with Crippen molar-refractivity contribution in [3.63, 3.8) is 0 Å². The van der Waals surface area contributed by atoms with Crippen molar-refractivity contribution < 1.29 is 9.90 Å². The predicted molar refractivity (Wildman–Crippen MR) is 78.6 cm³/mol. The van der Waals surface area contributed by atoms with Crippen molar-refractivity contribution in [2.24, 2.45) is 0 Å². The second-order valence-electron chi connectivity index (χ2n) is 4.74. The van der Waals surface area contributed by atoms with E-state index in [-0.39, 0.29) is 11.9 Å². The van der Waals surface area contributed by atoms with Gasteiger partial charge in [-0.15, -0.1) is 11.8 Å². The molecule has 2 atom stereocenters. The first-order valence-corrected chi connectivity index (χ1v) is 7.88. The fourth-order valence-corrected chi connectivity index (χ4v) is 3.28. The number of carbonyl (C=O) groups is 1. The minimum absolute atomic E-state index is 0.0455. The molecule has 0 aliphatic heterocycles. The molecular weight excluding hydrogens is 282 g/mol. The number of hydrogen-bond acceptors (Lipinski definition) is 3. The number of benzene rings is 1. The van der Waals surface area contributed by atoms with Crippen LogP contribution in [0.2, 0.25) is 5.02 Å². The first kappa shape index (κ1) is 14.7. The van der Waals surface area contributed by atoms with Gasteiger partial charge in [0.15, 0.2) is 0 Å². The van der Waals surface area contributed by atoms with Crippen LogP contribution in [0.4, 0.5) is 0 Å². The fraction of sp³-hybridized carbons (Fsp3) is 0.500. The van der Waals surface area contributed by atoms with E-state index in [1.807, 2.05) is 24.3 Å². The van der Waals surface area contributed by atoms with Crippen molar-refractivity contribution in [2.75, 3.05) is 5.75 Å². The standard InChI is InChI=1S/C14H18ClNO2S/c15-10-5-1-4-8-13(10)19-9-14(18)16-11-6-2-3-7-12(11)17/h1,4-5,8,11-12,17H,2-3,6-7,9H2,(H,16,18)/t11-,12-/m0/s1. The molecule has 1 fully saturated rings. The number of hydrogen-bond donors (Lipinski definition) is 2. The Morgan fingerprint density at radius 2 is 2.11 bits per heavy atom. The second kappa shape index (κ2) is 7.17. The molecule has 0 bridgehead atoms. The Hall–Kier alpha value is -0.710. The number of aliphatic hydroxyl groups excluding tert-OH is 1. The average Bonchev–Trinajstić information content (AvgIpc) is 2.40. The largest absolute Gasteiger partial charge is 0.391 e. The summed E-state index contributed by atoms with van der Waals surface area (Å²) in [5.41, 5.74) is 0. The fourth-order valence-electron chi connectivity index (χ4n) is 2.23. The Labute approximate surface area is 122 Å². The number of carbonyl (C=O) groups excluding carboxylic acids is 1. The van der Waals surface area contributed by atoms with Crippen LogP contribution in [0.1, 0.15) is 25.7 Å². The van der Waals surface area contributed by atoms with Crippen molar-refractivity contribution in [3.8, 4) is 0 Å². The van der Waals surface area contributed by atoms with Gasteiger partial charge in [-0.2, -0.15) is 0 Å². The van der Waals surface area contributed by atoms with Crippen molar-refractivity contribution in [2.45, 2.75) is 42.7 Å². The van der Waals surface area contributed by atoms with Crippen LogP contribution in [0.15, 0.2) is 29.2 Å². The van der Waals surface area contributed by atoms with Crippen LogP contribution < -0.4 is 5.32 Å². The number of nitrogens with one attached hydrogen (secondary N) is 1. The maximum atomic E-state index is 11.9. The van der Waals surface area contributed by atoms with Crippen molar-refractivity contribution in [3.05, 3.63) is 29.3 Å². The lowest BCUT2D eigenvalue weighted by atomic mass is 9.93. The van der Waals surface area contributed by atoms with Gasteiger partial charge in [0.05, 0.1) is 22.9 Å². The van der Waals surface area contributed by atoms with Gasteiger partial charge < -0.3 is 10.4 Å². The maximum Gasteiger partial charge on any atom is 0.230 e. The summed E-state index contributed by atoms with van der Waals surface area (Å²) in [6.07, 6.45) is 3.36. The van der Waals surface area contributed by atoms with Gasteiger partial charge in [0, 0.05) is 4.90 Å². The van der Waals surface area contributed by atoms with E-state index in [9.17, 15) is 9.90 Å². The number of aliphatic hydroxyl groups is 1. The van der Waals surface area contributed by atoms with E-state index in [0.29, 0.717) is 10.8 Å². The van der Waals surface area contributed by atoms with E-state index in [1.54, 1.807) is 0 Å². The van der Waals surface area contributed by atoms with Crippen LogP contribution in [-0.4, -0.2) is 28.9 Å². The van der Waals surface area contributed by atoms with Gasteiger partial charge in [-0.1, -0.05) is 36.6 Å². The zero-order valence-corrected chi connectivity index (χ0v) is 12.2. The summed E-state index contributed by atoms with van der Waals surface area (Å²) in [6.45, 7) is 0. The van der Waals surface area contributed by atoms with Crippen LogP contribution >= 0.6 is 23.4 Å². The van der Waals surface area contributed by atoms with Crippen LogP contribution in [0.5, 0.6) is 0 Å². The Morgan fingerprint density at radius 1 is 1.37 bits per heavy atom. The molecule has 1 saturated carbocycles. The minimum atomic E-state index is -0.400. The van der Waals surface area contributed by atoms with Gasteiger partial charge in [0.2, 0.25) is 5.91 Å². The monoisotopic (exact) mass is 299 g/mol. The molecule has 1 aromatic carbocycles. The Kier molecular flexibility index (Phi) is 5.55. The molecule has 2 N–H and O–H groups in total. The molecule has 0 aromatic heterocycles. The first-order chi connectivity index (χ1) is 9.16. The van der Waals surface area contributed by atoms with Gasteiger partial charge in [-0.3, -0.25) is 4.79 Å². The molecule has 3 nitrogen and oxygen atoms in total. The molecule has 2 rings (SSSR count). The normalized spacial score (nSPS) is 23.1. The molecule has 1 aromatic rings. The number of thioether (sulfide) groups is 1. The van der Waals surface area contributed by atoms with Crippen molar-refractivity contribution >= 4 is 29.3 Å². The smallest absolute Gasteiger partial charge is 0.230 e. The van der Waals surface area contributed by atoms with Gasteiger partial charge in [0.1, 0.15) is 0 Å². The lowest BCUT2D eigenvalue weighted by Crippen LogP contribution is -2.45. The van der Waals surface area contributed by atoms with Gasteiger partial charge in [-0.05, 0) is 25.0 Å². The summed E-state index contributed by atoms with van der Waals surface area (Å²) in [6, 6.07) is 7.39. The highest BCUT2D eigenvalue weighted by Gasteiger charge is 2.24. The molecule has 5 heteroatoms. The zero-order chi connectivity index (χ0) is 13.7. The molecular formula is C14H18ClNO2S. The summed E-state index contributed by atoms with van der Waals surface area (Å²) in [5.74, 6) is 0.281. The zero-order valence-electron chi connectivity index (χ0n) is 10.6. The number of rotatable bonds is 4. The summed E-state index contributed by atoms with van der Waals surface area (Å²) in [4.78, 5) is 12.8. The molecule has 1 aliphatic carbocycles. The predicted octanol–water partition coefficient (Wildman–Crippen LogP) is 2.85.